The lowest BCUT2D eigenvalue weighted by atomic mass is 10.1. The number of fused-ring (bicyclic) bond motifs is 2. The summed E-state index contributed by atoms with van der Waals surface area (Å²) in [6.07, 6.45) is 7.84. The summed E-state index contributed by atoms with van der Waals surface area (Å²) in [7, 11) is 0. The van der Waals surface area contributed by atoms with Crippen LogP contribution < -0.4 is 15.1 Å². The van der Waals surface area contributed by atoms with Gasteiger partial charge in [0.1, 0.15) is 23.0 Å². The number of aromatic nitrogens is 5. The van der Waals surface area contributed by atoms with Crippen molar-refractivity contribution >= 4 is 56.8 Å². The number of benzene rings is 1. The number of hydrogen-bond donors (Lipinski definition) is 2. The monoisotopic (exact) mass is 550 g/mol. The SMILES string of the molecule is O=C(O)c1cn(-c2cc3nc[nH]c3cn2)c2cc(N3CCC[C@@H]3COc3ncccc3Cl)c(Cl)cc2c1=O. The fourth-order valence-electron chi connectivity index (χ4n) is 4.83. The molecule has 0 unspecified atom stereocenters. The summed E-state index contributed by atoms with van der Waals surface area (Å²) in [6, 6.07) is 8.48. The third-order valence-corrected chi connectivity index (χ3v) is 7.25. The van der Waals surface area contributed by atoms with Crippen LogP contribution in [-0.4, -0.2) is 54.8 Å². The number of carboxylic acids is 1. The molecule has 4 aromatic heterocycles. The van der Waals surface area contributed by atoms with E-state index in [9.17, 15) is 14.7 Å². The first-order chi connectivity index (χ1) is 18.4. The second-order valence-corrected chi connectivity index (χ2v) is 9.74. The van der Waals surface area contributed by atoms with Crippen molar-refractivity contribution in [2.45, 2.75) is 18.9 Å². The number of anilines is 1. The van der Waals surface area contributed by atoms with Gasteiger partial charge >= 0.3 is 5.97 Å². The Balaban J connectivity index is 1.46. The van der Waals surface area contributed by atoms with E-state index < -0.39 is 11.4 Å². The lowest BCUT2D eigenvalue weighted by molar-refractivity contribution is 0.0695. The molecule has 192 valence electrons. The fraction of sp³-hybridized carbons (Fsp3) is 0.192. The van der Waals surface area contributed by atoms with Gasteiger partial charge in [-0.1, -0.05) is 23.2 Å². The van der Waals surface area contributed by atoms with E-state index in [1.54, 1.807) is 47.6 Å². The number of pyridine rings is 3. The Kier molecular flexibility index (Phi) is 6.13. The molecule has 1 aromatic carbocycles. The molecule has 1 fully saturated rings. The quantitative estimate of drug-likeness (QED) is 0.311. The molecule has 0 amide bonds. The van der Waals surface area contributed by atoms with Crippen LogP contribution in [0, 0.1) is 0 Å². The van der Waals surface area contributed by atoms with Crippen LogP contribution >= 0.6 is 23.2 Å². The Labute approximate surface area is 225 Å². The second-order valence-electron chi connectivity index (χ2n) is 8.92. The highest BCUT2D eigenvalue weighted by Gasteiger charge is 2.29. The first kappa shape index (κ1) is 24.2. The van der Waals surface area contributed by atoms with E-state index in [1.165, 1.54) is 12.3 Å². The number of hydrogen-bond acceptors (Lipinski definition) is 7. The maximum atomic E-state index is 13.1. The van der Waals surface area contributed by atoms with E-state index in [0.29, 0.717) is 45.1 Å². The first-order valence-corrected chi connectivity index (χ1v) is 12.6. The summed E-state index contributed by atoms with van der Waals surface area (Å²) < 4.78 is 7.51. The van der Waals surface area contributed by atoms with Crippen LogP contribution in [0.5, 0.6) is 5.88 Å². The molecular weight excluding hydrogens is 531 g/mol. The Hall–Kier alpha value is -4.15. The summed E-state index contributed by atoms with van der Waals surface area (Å²) in [5, 5.41) is 10.7. The lowest BCUT2D eigenvalue weighted by Crippen LogP contribution is -2.34. The molecule has 0 bridgehead atoms. The molecule has 1 aliphatic rings. The molecule has 1 saturated heterocycles. The molecule has 1 atom stereocenters. The van der Waals surface area contributed by atoms with Gasteiger partial charge in [-0.15, -0.1) is 0 Å². The minimum absolute atomic E-state index is 0.0139. The molecular formula is C26H20Cl2N6O4. The predicted octanol–water partition coefficient (Wildman–Crippen LogP) is 4.71. The zero-order valence-corrected chi connectivity index (χ0v) is 21.3. The highest BCUT2D eigenvalue weighted by Crippen LogP contribution is 2.36. The summed E-state index contributed by atoms with van der Waals surface area (Å²) in [4.78, 5) is 43.1. The molecule has 5 heterocycles. The molecule has 6 rings (SSSR count). The van der Waals surface area contributed by atoms with Crippen LogP contribution in [0.2, 0.25) is 10.0 Å². The van der Waals surface area contributed by atoms with Crippen molar-refractivity contribution in [1.82, 2.24) is 24.5 Å². The minimum Gasteiger partial charge on any atom is -0.477 e. The largest absolute Gasteiger partial charge is 0.477 e. The summed E-state index contributed by atoms with van der Waals surface area (Å²) >= 11 is 12.9. The first-order valence-electron chi connectivity index (χ1n) is 11.8. The van der Waals surface area contributed by atoms with E-state index >= 15 is 0 Å². The highest BCUT2D eigenvalue weighted by atomic mass is 35.5. The van der Waals surface area contributed by atoms with E-state index in [-0.39, 0.29) is 17.0 Å². The number of carbonyl (C=O) groups is 1. The average Bonchev–Trinajstić information content (AvgIpc) is 3.57. The van der Waals surface area contributed by atoms with E-state index in [1.807, 2.05) is 0 Å². The number of aromatic amines is 1. The van der Waals surface area contributed by atoms with Gasteiger partial charge in [-0.2, -0.15) is 0 Å². The average molecular weight is 551 g/mol. The third-order valence-electron chi connectivity index (χ3n) is 6.66. The van der Waals surface area contributed by atoms with Crippen molar-refractivity contribution in [3.05, 3.63) is 81.1 Å². The number of carboxylic acid groups (broad SMARTS) is 1. The smallest absolute Gasteiger partial charge is 0.341 e. The van der Waals surface area contributed by atoms with Crippen molar-refractivity contribution in [1.29, 1.82) is 0 Å². The normalized spacial score (nSPS) is 15.4. The van der Waals surface area contributed by atoms with Crippen LogP contribution in [0.15, 0.2) is 60.0 Å². The number of nitrogens with zero attached hydrogens (tertiary/aromatic N) is 5. The zero-order valence-electron chi connectivity index (χ0n) is 19.8. The highest BCUT2D eigenvalue weighted by molar-refractivity contribution is 6.34. The molecule has 5 aromatic rings. The van der Waals surface area contributed by atoms with Gasteiger partial charge in [0.2, 0.25) is 11.3 Å². The van der Waals surface area contributed by atoms with Crippen molar-refractivity contribution in [2.75, 3.05) is 18.1 Å². The standard InChI is InChI=1S/C26H20Cl2N6O4/c27-17-4-1-5-29-25(17)38-12-14-3-2-6-33(14)22-9-21-15(7-18(22)28)24(35)16(26(36)37)11-34(21)23-8-19-20(10-30-23)32-13-31-19/h1,4-5,7-11,13-14H,2-3,6,12H2,(H,31,32)(H,36,37)/t14-/m1/s1. The summed E-state index contributed by atoms with van der Waals surface area (Å²) in [6.45, 7) is 1.07. The molecule has 0 radical (unpaired) electrons. The lowest BCUT2D eigenvalue weighted by Gasteiger charge is -2.28. The minimum atomic E-state index is -1.34. The number of nitrogens with one attached hydrogen (secondary N) is 1. The predicted molar refractivity (Wildman–Crippen MR) is 144 cm³/mol. The molecule has 1 aliphatic heterocycles. The van der Waals surface area contributed by atoms with Crippen LogP contribution in [0.3, 0.4) is 0 Å². The van der Waals surface area contributed by atoms with Gasteiger partial charge in [0, 0.05) is 30.4 Å². The summed E-state index contributed by atoms with van der Waals surface area (Å²) in [5.41, 5.74) is 1.55. The zero-order chi connectivity index (χ0) is 26.4. The van der Waals surface area contributed by atoms with E-state index in [4.69, 9.17) is 27.9 Å². The number of rotatable bonds is 6. The number of imidazole rings is 1. The Morgan fingerprint density at radius 3 is 2.87 bits per heavy atom. The molecule has 38 heavy (non-hydrogen) atoms. The molecule has 0 saturated carbocycles. The maximum absolute atomic E-state index is 13.1. The number of H-pyrrole nitrogens is 1. The van der Waals surface area contributed by atoms with E-state index in [0.717, 1.165) is 24.9 Å². The molecule has 12 heteroatoms. The molecule has 0 aliphatic carbocycles. The topological polar surface area (TPSA) is 126 Å². The van der Waals surface area contributed by atoms with Crippen molar-refractivity contribution < 1.29 is 14.6 Å². The van der Waals surface area contributed by atoms with Crippen LogP contribution in [0.4, 0.5) is 5.69 Å². The van der Waals surface area contributed by atoms with Crippen molar-refractivity contribution in [2.24, 2.45) is 0 Å². The fourth-order valence-corrected chi connectivity index (χ4v) is 5.28. The Morgan fingerprint density at radius 2 is 2.05 bits per heavy atom. The van der Waals surface area contributed by atoms with Gasteiger partial charge in [0.25, 0.3) is 0 Å². The number of halogens is 2. The number of ether oxygens (including phenoxy) is 1. The van der Waals surface area contributed by atoms with Gasteiger partial charge in [0.15, 0.2) is 0 Å². The van der Waals surface area contributed by atoms with Crippen molar-refractivity contribution in [3.8, 4) is 11.7 Å². The summed E-state index contributed by atoms with van der Waals surface area (Å²) in [5.74, 6) is -0.561. The van der Waals surface area contributed by atoms with E-state index in [2.05, 4.69) is 24.8 Å². The maximum Gasteiger partial charge on any atom is 0.341 e. The van der Waals surface area contributed by atoms with Gasteiger partial charge in [-0.25, -0.2) is 19.7 Å². The molecule has 2 N–H and O–H groups in total. The molecule has 10 nitrogen and oxygen atoms in total. The van der Waals surface area contributed by atoms with Crippen LogP contribution in [-0.2, 0) is 0 Å². The van der Waals surface area contributed by atoms with Gasteiger partial charge in [-0.05, 0) is 37.1 Å². The number of aromatic carboxylic acids is 1. The Morgan fingerprint density at radius 1 is 1.18 bits per heavy atom. The van der Waals surface area contributed by atoms with Crippen molar-refractivity contribution in [3.63, 3.8) is 0 Å². The Bertz CT molecular complexity index is 1770. The molecule has 0 spiro atoms. The van der Waals surface area contributed by atoms with Gasteiger partial charge in [0.05, 0.1) is 45.8 Å². The van der Waals surface area contributed by atoms with Crippen LogP contribution in [0.1, 0.15) is 23.2 Å². The van der Waals surface area contributed by atoms with Gasteiger partial charge in [-0.3, -0.25) is 9.36 Å². The third kappa shape index (κ3) is 4.21. The van der Waals surface area contributed by atoms with Crippen LogP contribution in [0.25, 0.3) is 27.8 Å². The second kappa shape index (κ2) is 9.62. The van der Waals surface area contributed by atoms with Gasteiger partial charge < -0.3 is 19.7 Å².